The lowest BCUT2D eigenvalue weighted by molar-refractivity contribution is -0.138. The first-order chi connectivity index (χ1) is 62.9. The van der Waals surface area contributed by atoms with Gasteiger partial charge in [0.15, 0.2) is 0 Å². The molecule has 0 unspecified atom stereocenters. The molecule has 0 heterocycles. The highest BCUT2D eigenvalue weighted by Crippen LogP contribution is 2.17. The van der Waals surface area contributed by atoms with E-state index in [0.29, 0.717) is 32.1 Å². The minimum absolute atomic E-state index is 0.332. The molecule has 0 atom stereocenters. The lowest BCUT2D eigenvalue weighted by Crippen LogP contribution is -2.15. The molecule has 0 radical (unpaired) electrons. The Morgan fingerprint density at radius 3 is 0.315 bits per heavy atom. The van der Waals surface area contributed by atoms with Crippen LogP contribution in [0.2, 0.25) is 0 Å². The summed E-state index contributed by atoms with van der Waals surface area (Å²) < 4.78 is 0. The third-order valence-electron chi connectivity index (χ3n) is 20.4. The highest BCUT2D eigenvalue weighted by Gasteiger charge is 2.04. The molecule has 0 aromatic heterocycles. The van der Waals surface area contributed by atoms with Gasteiger partial charge in [0, 0.05) is 32.1 Å². The largest absolute Gasteiger partial charge is 0.481 e. The number of hydrogen-bond acceptors (Lipinski definition) is 20. The van der Waals surface area contributed by atoms with Crippen LogP contribution in [0, 0.1) is 0 Å². The second-order valence-corrected chi connectivity index (χ2v) is 33.7. The fourth-order valence-electron chi connectivity index (χ4n) is 12.0. The summed E-state index contributed by atoms with van der Waals surface area (Å²) in [6, 6.07) is 0. The van der Waals surface area contributed by atoms with Crippen LogP contribution >= 0.6 is 0 Å². The van der Waals surface area contributed by atoms with Crippen molar-refractivity contribution in [3.8, 4) is 0 Å². The molecule has 0 saturated carbocycles. The first-order valence-electron chi connectivity index (χ1n) is 51.7. The Morgan fingerprint density at radius 1 is 0.154 bits per heavy atom. The molecular formula is C105H210O25. The van der Waals surface area contributed by atoms with Crippen molar-refractivity contribution in [3.05, 3.63) is 60.8 Å². The number of rotatable bonds is 85. The van der Waals surface area contributed by atoms with Crippen LogP contribution in [-0.2, 0) is 24.0 Å². The van der Waals surface area contributed by atoms with Gasteiger partial charge in [0.1, 0.15) is 30.5 Å². The van der Waals surface area contributed by atoms with Crippen LogP contribution < -0.4 is 0 Å². The van der Waals surface area contributed by atoms with Crippen molar-refractivity contribution in [2.75, 3.05) is 66.1 Å². The topological polar surface area (TPSA) is 490 Å². The molecule has 25 heteroatoms. The zero-order chi connectivity index (χ0) is 99.4. The Labute approximate surface area is 793 Å². The van der Waals surface area contributed by atoms with E-state index in [4.69, 9.17) is 102 Å². The van der Waals surface area contributed by atoms with Crippen LogP contribution in [0.25, 0.3) is 0 Å². The highest BCUT2D eigenvalue weighted by atomic mass is 16.4. The van der Waals surface area contributed by atoms with Crippen molar-refractivity contribution in [1.82, 2.24) is 0 Å². The number of aliphatic hydroxyl groups is 15. The van der Waals surface area contributed by atoms with Gasteiger partial charge in [-0.2, -0.15) is 0 Å². The number of carboxylic acids is 5. The van der Waals surface area contributed by atoms with Crippen molar-refractivity contribution in [3.63, 3.8) is 0 Å². The molecule has 0 saturated heterocycles. The summed E-state index contributed by atoms with van der Waals surface area (Å²) in [7, 11) is 0. The number of carboxylic acid groups (broad SMARTS) is 5. The van der Waals surface area contributed by atoms with E-state index in [0.717, 1.165) is 64.2 Å². The summed E-state index contributed by atoms with van der Waals surface area (Å²) >= 11 is 0. The van der Waals surface area contributed by atoms with Crippen LogP contribution in [0.5, 0.6) is 0 Å². The molecule has 130 heavy (non-hydrogen) atoms. The Hall–Kier alpha value is -4.55. The minimum Gasteiger partial charge on any atom is -0.481 e. The monoisotopic (exact) mass is 1870 g/mol. The van der Waals surface area contributed by atoms with Gasteiger partial charge in [-0.25, -0.2) is 0 Å². The van der Waals surface area contributed by atoms with Gasteiger partial charge in [-0.3, -0.25) is 24.0 Å². The number of aliphatic carboxylic acids is 5. The molecule has 0 rings (SSSR count). The van der Waals surface area contributed by atoms with Gasteiger partial charge in [0.25, 0.3) is 0 Å². The van der Waals surface area contributed by atoms with Gasteiger partial charge in [0.05, 0.1) is 66.1 Å². The molecule has 0 aromatic carbocycles. The minimum atomic E-state index is -0.954. The molecular weight excluding hydrogens is 1660 g/mol. The third-order valence-corrected chi connectivity index (χ3v) is 20.4. The summed E-state index contributed by atoms with van der Waals surface area (Å²) in [6.07, 6.45) is 101. The molecule has 0 fully saturated rings. The zero-order valence-electron chi connectivity index (χ0n) is 83.7. The van der Waals surface area contributed by atoms with Crippen LogP contribution in [0.3, 0.4) is 0 Å². The molecule has 25 nitrogen and oxygen atoms in total. The number of hydrogen-bond donors (Lipinski definition) is 20. The maximum atomic E-state index is 10.3. The number of aliphatic hydroxyl groups excluding tert-OH is 15. The Balaban J connectivity index is -0.000000160. The highest BCUT2D eigenvalue weighted by molar-refractivity contribution is 5.67. The standard InChI is InChI=1S/5C18H34O2.5C3H8O3/c5*1-2-3-4-5-6-7-8-9-10-11-12-13-14-15-16-17-18(19)20;5*4-1-3(6)2-5/h5*9-10H,2-8,11-17H2,1H3,(H,19,20);5*3-6H,1-2H2/b5*10-9-;;;;;. The van der Waals surface area contributed by atoms with Crippen LogP contribution in [0.1, 0.15) is 484 Å². The summed E-state index contributed by atoms with van der Waals surface area (Å²) in [5, 5.41) is 163. The summed E-state index contributed by atoms with van der Waals surface area (Å²) in [5.74, 6) is -3.32. The van der Waals surface area contributed by atoms with Gasteiger partial charge < -0.3 is 102 Å². The van der Waals surface area contributed by atoms with E-state index in [1.54, 1.807) is 0 Å². The second kappa shape index (κ2) is 142. The maximum absolute atomic E-state index is 10.3. The molecule has 0 amide bonds. The fraction of sp³-hybridized carbons (Fsp3) is 0.857. The number of allylic oxidation sites excluding steroid dienone is 10. The smallest absolute Gasteiger partial charge is 0.303 e. The van der Waals surface area contributed by atoms with E-state index in [9.17, 15) is 24.0 Å². The van der Waals surface area contributed by atoms with Gasteiger partial charge in [0.2, 0.25) is 0 Å². The quantitative estimate of drug-likeness (QED) is 0.0199. The normalized spacial score (nSPS) is 11.0. The summed E-state index contributed by atoms with van der Waals surface area (Å²) in [4.78, 5) is 51.6. The van der Waals surface area contributed by atoms with Crippen molar-refractivity contribution < 1.29 is 126 Å². The average Bonchev–Trinajstić information content (AvgIpc) is 1.11. The Morgan fingerprint density at radius 2 is 0.238 bits per heavy atom. The second-order valence-electron chi connectivity index (χ2n) is 33.7. The predicted molar refractivity (Wildman–Crippen MR) is 536 cm³/mol. The van der Waals surface area contributed by atoms with Crippen LogP contribution in [0.4, 0.5) is 0 Å². The van der Waals surface area contributed by atoms with Crippen molar-refractivity contribution in [1.29, 1.82) is 0 Å². The van der Waals surface area contributed by atoms with Crippen LogP contribution in [0.15, 0.2) is 60.8 Å². The molecule has 20 N–H and O–H groups in total. The first kappa shape index (κ1) is 146. The molecule has 780 valence electrons. The number of unbranched alkanes of at least 4 members (excludes halogenated alkanes) is 55. The van der Waals surface area contributed by atoms with Crippen molar-refractivity contribution in [2.45, 2.75) is 515 Å². The van der Waals surface area contributed by atoms with E-state index in [1.165, 1.54) is 353 Å². The average molecular weight is 1870 g/mol. The summed E-state index contributed by atoms with van der Waals surface area (Å²) in [5.41, 5.74) is 0. The lowest BCUT2D eigenvalue weighted by Gasteiger charge is -1.99. The van der Waals surface area contributed by atoms with E-state index in [2.05, 4.69) is 95.4 Å². The summed E-state index contributed by atoms with van der Waals surface area (Å²) in [6.45, 7) is 7.65. The Bertz CT molecular complexity index is 1850. The lowest BCUT2D eigenvalue weighted by atomic mass is 10.1. The van der Waals surface area contributed by atoms with Gasteiger partial charge in [-0.05, 0) is 161 Å². The van der Waals surface area contributed by atoms with Gasteiger partial charge >= 0.3 is 29.8 Å². The van der Waals surface area contributed by atoms with Gasteiger partial charge in [-0.1, -0.05) is 352 Å². The molecule has 0 bridgehead atoms. The van der Waals surface area contributed by atoms with E-state index >= 15 is 0 Å². The molecule has 0 aliphatic rings. The zero-order valence-corrected chi connectivity index (χ0v) is 83.7. The SMILES string of the molecule is CCCCCCCC/C=C\CCCCCCCC(=O)O.CCCCCCCC/C=C\CCCCCCCC(=O)O.CCCCCCCC/C=C\CCCCCCCC(=O)O.CCCCCCCC/C=C\CCCCCCCC(=O)O.CCCCCCCC/C=C\CCCCCCCC(=O)O.OCC(O)CO.OCC(O)CO.OCC(O)CO.OCC(O)CO.OCC(O)CO. The van der Waals surface area contributed by atoms with E-state index in [1.807, 2.05) is 0 Å². The Kier molecular flexibility index (Phi) is 160. The molecule has 0 aliphatic heterocycles. The maximum Gasteiger partial charge on any atom is 0.303 e. The van der Waals surface area contributed by atoms with E-state index < -0.39 is 60.4 Å². The van der Waals surface area contributed by atoms with Gasteiger partial charge in [-0.15, -0.1) is 0 Å². The molecule has 0 aliphatic carbocycles. The fourth-order valence-corrected chi connectivity index (χ4v) is 12.0. The van der Waals surface area contributed by atoms with Crippen molar-refractivity contribution >= 4 is 29.8 Å². The van der Waals surface area contributed by atoms with E-state index in [-0.39, 0.29) is 66.1 Å². The molecule has 0 aromatic rings. The molecule has 0 spiro atoms. The van der Waals surface area contributed by atoms with Crippen molar-refractivity contribution in [2.24, 2.45) is 0 Å². The number of carbonyl (C=O) groups is 5. The predicted octanol–water partition coefficient (Wildman–Crippen LogP) is 22.2. The van der Waals surface area contributed by atoms with Crippen LogP contribution in [-0.4, -0.2) is 229 Å². The first-order valence-corrected chi connectivity index (χ1v) is 51.7. The third kappa shape index (κ3) is 183.